The number of nitrogens with one attached hydrogen (secondary N) is 1. The average molecular weight is 305 g/mol. The number of aromatic carboxylic acids is 1. The van der Waals surface area contributed by atoms with Crippen molar-refractivity contribution in [3.8, 4) is 0 Å². The molecule has 0 heterocycles. The van der Waals surface area contributed by atoms with Crippen LogP contribution in [0.4, 0.5) is 0 Å². The van der Waals surface area contributed by atoms with Crippen LogP contribution in [0.5, 0.6) is 0 Å². The lowest BCUT2D eigenvalue weighted by molar-refractivity contribution is -0.154. The first-order valence-electron chi connectivity index (χ1n) is 7.69. The fourth-order valence-corrected chi connectivity index (χ4v) is 3.11. The van der Waals surface area contributed by atoms with E-state index in [0.717, 1.165) is 31.2 Å². The highest BCUT2D eigenvalue weighted by molar-refractivity contribution is 5.87. The van der Waals surface area contributed by atoms with Crippen molar-refractivity contribution in [2.75, 3.05) is 13.7 Å². The molecule has 1 aliphatic carbocycles. The number of hydrogen-bond acceptors (Lipinski definition) is 4. The first kappa shape index (κ1) is 16.5. The van der Waals surface area contributed by atoms with Gasteiger partial charge in [0.1, 0.15) is 0 Å². The zero-order chi connectivity index (χ0) is 16.0. The van der Waals surface area contributed by atoms with Gasteiger partial charge in [0.25, 0.3) is 0 Å². The van der Waals surface area contributed by atoms with Crippen molar-refractivity contribution in [3.63, 3.8) is 0 Å². The van der Waals surface area contributed by atoms with Crippen molar-refractivity contribution in [3.05, 3.63) is 35.4 Å². The minimum atomic E-state index is -0.925. The molecule has 0 unspecified atom stereocenters. The zero-order valence-electron chi connectivity index (χ0n) is 12.9. The van der Waals surface area contributed by atoms with Crippen LogP contribution in [0.15, 0.2) is 24.3 Å². The standard InChI is InChI=1S/C17H23NO4/c1-22-16(21)17(9-3-2-4-10-17)12-18-11-13-5-7-14(8-6-13)15(19)20/h5-8,18H,2-4,9-12H2,1H3,(H,19,20). The maximum atomic E-state index is 12.1. The molecule has 1 aromatic carbocycles. The van der Waals surface area contributed by atoms with Crippen LogP contribution in [0.1, 0.15) is 48.0 Å². The highest BCUT2D eigenvalue weighted by Gasteiger charge is 2.40. The van der Waals surface area contributed by atoms with Gasteiger partial charge in [-0.2, -0.15) is 0 Å². The van der Waals surface area contributed by atoms with E-state index >= 15 is 0 Å². The number of carboxylic acid groups (broad SMARTS) is 1. The molecule has 5 nitrogen and oxygen atoms in total. The fraction of sp³-hybridized carbons (Fsp3) is 0.529. The normalized spacial score (nSPS) is 17.0. The van der Waals surface area contributed by atoms with Crippen LogP contribution in [-0.2, 0) is 16.1 Å². The third kappa shape index (κ3) is 3.85. The summed E-state index contributed by atoms with van der Waals surface area (Å²) in [6.07, 6.45) is 5.03. The third-order valence-electron chi connectivity index (χ3n) is 4.42. The summed E-state index contributed by atoms with van der Waals surface area (Å²) in [6.45, 7) is 1.21. The van der Waals surface area contributed by atoms with Gasteiger partial charge in [-0.05, 0) is 30.5 Å². The molecule has 0 saturated heterocycles. The van der Waals surface area contributed by atoms with Gasteiger partial charge in [-0.3, -0.25) is 4.79 Å². The molecule has 1 saturated carbocycles. The number of carbonyl (C=O) groups is 2. The quantitative estimate of drug-likeness (QED) is 0.790. The molecule has 1 fully saturated rings. The molecule has 2 rings (SSSR count). The maximum Gasteiger partial charge on any atom is 0.335 e. The van der Waals surface area contributed by atoms with Gasteiger partial charge in [-0.15, -0.1) is 0 Å². The Labute approximate surface area is 130 Å². The summed E-state index contributed by atoms with van der Waals surface area (Å²) in [5.74, 6) is -1.05. The summed E-state index contributed by atoms with van der Waals surface area (Å²) in [4.78, 5) is 22.9. The van der Waals surface area contributed by atoms with E-state index in [-0.39, 0.29) is 11.5 Å². The van der Waals surface area contributed by atoms with Crippen molar-refractivity contribution >= 4 is 11.9 Å². The molecule has 1 aromatic rings. The summed E-state index contributed by atoms with van der Waals surface area (Å²) in [5.41, 5.74) is 0.872. The lowest BCUT2D eigenvalue weighted by Gasteiger charge is -2.34. The second kappa shape index (κ2) is 7.40. The van der Waals surface area contributed by atoms with E-state index in [1.54, 1.807) is 24.3 Å². The van der Waals surface area contributed by atoms with Crippen LogP contribution in [-0.4, -0.2) is 30.7 Å². The molecule has 22 heavy (non-hydrogen) atoms. The summed E-state index contributed by atoms with van der Waals surface area (Å²) < 4.78 is 4.99. The lowest BCUT2D eigenvalue weighted by Crippen LogP contribution is -2.43. The van der Waals surface area contributed by atoms with Gasteiger partial charge in [0, 0.05) is 13.1 Å². The molecular weight excluding hydrogens is 282 g/mol. The minimum Gasteiger partial charge on any atom is -0.478 e. The molecule has 1 aliphatic rings. The van der Waals surface area contributed by atoms with Gasteiger partial charge in [-0.1, -0.05) is 31.4 Å². The van der Waals surface area contributed by atoms with E-state index in [2.05, 4.69) is 5.32 Å². The number of carbonyl (C=O) groups excluding carboxylic acids is 1. The molecular formula is C17H23NO4. The molecule has 0 atom stereocenters. The molecule has 0 radical (unpaired) electrons. The van der Waals surface area contributed by atoms with E-state index < -0.39 is 11.4 Å². The van der Waals surface area contributed by atoms with Crippen LogP contribution >= 0.6 is 0 Å². The predicted octanol–water partition coefficient (Wildman–Crippen LogP) is 2.60. The number of hydrogen-bond donors (Lipinski definition) is 2. The van der Waals surface area contributed by atoms with Gasteiger partial charge in [0.15, 0.2) is 0 Å². The Morgan fingerprint density at radius 3 is 2.36 bits per heavy atom. The van der Waals surface area contributed by atoms with Gasteiger partial charge < -0.3 is 15.2 Å². The summed E-state index contributed by atoms with van der Waals surface area (Å²) in [5, 5.41) is 12.2. The monoisotopic (exact) mass is 305 g/mol. The van der Waals surface area contributed by atoms with Crippen molar-refractivity contribution in [2.24, 2.45) is 5.41 Å². The summed E-state index contributed by atoms with van der Waals surface area (Å²) in [6, 6.07) is 6.77. The SMILES string of the molecule is COC(=O)C1(CNCc2ccc(C(=O)O)cc2)CCCCC1. The molecule has 0 bridgehead atoms. The Kier molecular flexibility index (Phi) is 5.55. The third-order valence-corrected chi connectivity index (χ3v) is 4.42. The van der Waals surface area contributed by atoms with Crippen LogP contribution in [0.3, 0.4) is 0 Å². The Bertz CT molecular complexity index is 518. The zero-order valence-corrected chi connectivity index (χ0v) is 12.9. The fourth-order valence-electron chi connectivity index (χ4n) is 3.11. The van der Waals surface area contributed by atoms with Gasteiger partial charge in [0.05, 0.1) is 18.1 Å². The number of rotatable bonds is 6. The molecule has 2 N–H and O–H groups in total. The van der Waals surface area contributed by atoms with Gasteiger partial charge in [-0.25, -0.2) is 4.79 Å². The van der Waals surface area contributed by atoms with E-state index in [1.807, 2.05) is 0 Å². The Balaban J connectivity index is 1.92. The Morgan fingerprint density at radius 2 is 1.82 bits per heavy atom. The van der Waals surface area contributed by atoms with E-state index in [4.69, 9.17) is 9.84 Å². The van der Waals surface area contributed by atoms with E-state index in [0.29, 0.717) is 13.1 Å². The van der Waals surface area contributed by atoms with Crippen molar-refractivity contribution in [1.29, 1.82) is 0 Å². The summed E-state index contributed by atoms with van der Waals surface area (Å²) >= 11 is 0. The van der Waals surface area contributed by atoms with Gasteiger partial charge in [0.2, 0.25) is 0 Å². The van der Waals surface area contributed by atoms with Crippen molar-refractivity contribution < 1.29 is 19.4 Å². The number of methoxy groups -OCH3 is 1. The minimum absolute atomic E-state index is 0.124. The van der Waals surface area contributed by atoms with Crippen LogP contribution in [0.25, 0.3) is 0 Å². The molecule has 0 aliphatic heterocycles. The highest BCUT2D eigenvalue weighted by atomic mass is 16.5. The van der Waals surface area contributed by atoms with Crippen LogP contribution < -0.4 is 5.32 Å². The molecule has 120 valence electrons. The van der Waals surface area contributed by atoms with Crippen LogP contribution in [0, 0.1) is 5.41 Å². The van der Waals surface area contributed by atoms with E-state index in [9.17, 15) is 9.59 Å². The first-order valence-corrected chi connectivity index (χ1v) is 7.69. The second-order valence-electron chi connectivity index (χ2n) is 5.94. The molecule has 0 spiro atoms. The van der Waals surface area contributed by atoms with Crippen molar-refractivity contribution in [2.45, 2.75) is 38.6 Å². The molecule has 0 amide bonds. The second-order valence-corrected chi connectivity index (χ2v) is 5.94. The van der Waals surface area contributed by atoms with Crippen LogP contribution in [0.2, 0.25) is 0 Å². The number of benzene rings is 1. The number of ether oxygens (including phenoxy) is 1. The maximum absolute atomic E-state index is 12.1. The molecule has 0 aromatic heterocycles. The highest BCUT2D eigenvalue weighted by Crippen LogP contribution is 2.36. The Hall–Kier alpha value is -1.88. The molecule has 5 heteroatoms. The predicted molar refractivity (Wildman–Crippen MR) is 82.6 cm³/mol. The topological polar surface area (TPSA) is 75.6 Å². The van der Waals surface area contributed by atoms with Gasteiger partial charge >= 0.3 is 11.9 Å². The average Bonchev–Trinajstić information content (AvgIpc) is 2.55. The largest absolute Gasteiger partial charge is 0.478 e. The Morgan fingerprint density at radius 1 is 1.18 bits per heavy atom. The number of carboxylic acids is 1. The first-order chi connectivity index (χ1) is 10.6. The lowest BCUT2D eigenvalue weighted by atomic mass is 9.74. The van der Waals surface area contributed by atoms with Crippen molar-refractivity contribution in [1.82, 2.24) is 5.32 Å². The van der Waals surface area contributed by atoms with E-state index in [1.165, 1.54) is 13.5 Å². The smallest absolute Gasteiger partial charge is 0.335 e. The number of esters is 1. The summed E-state index contributed by atoms with van der Waals surface area (Å²) in [7, 11) is 1.45.